The molecule has 0 fully saturated rings. The predicted molar refractivity (Wildman–Crippen MR) is 119 cm³/mol. The molecule has 0 aromatic heterocycles. The molecule has 0 unspecified atom stereocenters. The summed E-state index contributed by atoms with van der Waals surface area (Å²) in [6.45, 7) is 11.9. The summed E-state index contributed by atoms with van der Waals surface area (Å²) in [4.78, 5) is 0. The van der Waals surface area contributed by atoms with Gasteiger partial charge in [-0.25, -0.2) is 4.39 Å². The number of nitrogens with one attached hydrogen (secondary N) is 1. The van der Waals surface area contributed by atoms with E-state index in [-0.39, 0.29) is 23.4 Å². The highest BCUT2D eigenvalue weighted by Gasteiger charge is 2.25. The van der Waals surface area contributed by atoms with Gasteiger partial charge in [0, 0.05) is 28.7 Å². The van der Waals surface area contributed by atoms with Crippen LogP contribution in [0.4, 0.5) is 4.39 Å². The van der Waals surface area contributed by atoms with E-state index < -0.39 is 0 Å². The minimum absolute atomic E-state index is 0.0384. The molecule has 2 rings (SSSR count). The van der Waals surface area contributed by atoms with E-state index in [9.17, 15) is 4.39 Å². The molecular formula is C23H30Cl2FNO2. The summed E-state index contributed by atoms with van der Waals surface area (Å²) in [5, 5.41) is 4.48. The number of methoxy groups -OCH3 is 1. The lowest BCUT2D eigenvalue weighted by Crippen LogP contribution is -2.41. The van der Waals surface area contributed by atoms with Crippen LogP contribution >= 0.6 is 23.2 Å². The molecule has 0 spiro atoms. The molecule has 160 valence electrons. The molecule has 0 aliphatic heterocycles. The smallest absolute Gasteiger partial charge is 0.163 e. The zero-order chi connectivity index (χ0) is 21.8. The molecule has 0 saturated heterocycles. The van der Waals surface area contributed by atoms with Gasteiger partial charge in [-0.2, -0.15) is 0 Å². The molecule has 29 heavy (non-hydrogen) atoms. The van der Waals surface area contributed by atoms with Crippen LogP contribution in [0.2, 0.25) is 10.0 Å². The fourth-order valence-electron chi connectivity index (χ4n) is 3.50. The maximum Gasteiger partial charge on any atom is 0.163 e. The lowest BCUT2D eigenvalue weighted by Gasteiger charge is -2.33. The van der Waals surface area contributed by atoms with Crippen molar-refractivity contribution in [3.63, 3.8) is 0 Å². The van der Waals surface area contributed by atoms with Crippen molar-refractivity contribution in [1.29, 1.82) is 0 Å². The first-order valence-corrected chi connectivity index (χ1v) is 10.3. The highest BCUT2D eigenvalue weighted by Crippen LogP contribution is 2.35. The number of hydrogen-bond donors (Lipinski definition) is 1. The molecule has 0 aliphatic carbocycles. The molecule has 6 heteroatoms. The van der Waals surface area contributed by atoms with E-state index in [1.807, 2.05) is 6.07 Å². The Morgan fingerprint density at radius 2 is 1.59 bits per heavy atom. The van der Waals surface area contributed by atoms with Crippen LogP contribution < -0.4 is 14.8 Å². The molecule has 1 N–H and O–H groups in total. The molecular weight excluding hydrogens is 412 g/mol. The van der Waals surface area contributed by atoms with Crippen molar-refractivity contribution in [2.75, 3.05) is 7.11 Å². The molecule has 0 aliphatic rings. The van der Waals surface area contributed by atoms with Crippen LogP contribution in [0.15, 0.2) is 30.3 Å². The van der Waals surface area contributed by atoms with Crippen LogP contribution in [0.3, 0.4) is 0 Å². The quantitative estimate of drug-likeness (QED) is 0.476. The predicted octanol–water partition coefficient (Wildman–Crippen LogP) is 7.02. The highest BCUT2D eigenvalue weighted by atomic mass is 35.5. The van der Waals surface area contributed by atoms with Crippen LogP contribution in [0.25, 0.3) is 0 Å². The van der Waals surface area contributed by atoms with E-state index in [4.69, 9.17) is 32.7 Å². The van der Waals surface area contributed by atoms with Gasteiger partial charge in [0.15, 0.2) is 11.5 Å². The number of benzene rings is 2. The standard InChI is InChI=1S/C23H30Cl2FNO2/c1-22(2,3)14-23(4,5)27-12-16-9-20(28-6)21(11-19(16)25)29-13-15-7-8-17(26)10-18(15)24/h7-11,27H,12-14H2,1-6H3. The number of ether oxygens (including phenoxy) is 2. The lowest BCUT2D eigenvalue weighted by molar-refractivity contribution is 0.240. The van der Waals surface area contributed by atoms with Gasteiger partial charge in [-0.3, -0.25) is 0 Å². The van der Waals surface area contributed by atoms with Gasteiger partial charge in [-0.15, -0.1) is 0 Å². The van der Waals surface area contributed by atoms with Gasteiger partial charge in [0.05, 0.1) is 12.1 Å². The third-order valence-corrected chi connectivity index (χ3v) is 5.16. The van der Waals surface area contributed by atoms with E-state index in [1.165, 1.54) is 12.1 Å². The van der Waals surface area contributed by atoms with Crippen LogP contribution in [0, 0.1) is 11.2 Å². The van der Waals surface area contributed by atoms with Gasteiger partial charge >= 0.3 is 0 Å². The third-order valence-electron chi connectivity index (χ3n) is 4.46. The molecule has 0 heterocycles. The minimum Gasteiger partial charge on any atom is -0.493 e. The molecule has 3 nitrogen and oxygen atoms in total. The molecule has 2 aromatic carbocycles. The van der Waals surface area contributed by atoms with Crippen molar-refractivity contribution in [3.8, 4) is 11.5 Å². The van der Waals surface area contributed by atoms with Crippen molar-refractivity contribution in [2.24, 2.45) is 5.41 Å². The molecule has 0 atom stereocenters. The van der Waals surface area contributed by atoms with Gasteiger partial charge in [0.2, 0.25) is 0 Å². The highest BCUT2D eigenvalue weighted by molar-refractivity contribution is 6.31. The maximum absolute atomic E-state index is 13.2. The SMILES string of the molecule is COc1cc(CNC(C)(C)CC(C)(C)C)c(Cl)cc1OCc1ccc(F)cc1Cl. The first kappa shape index (κ1) is 23.8. The Labute approximate surface area is 183 Å². The summed E-state index contributed by atoms with van der Waals surface area (Å²) in [6.07, 6.45) is 1.02. The van der Waals surface area contributed by atoms with E-state index in [0.29, 0.717) is 33.7 Å². The molecule has 0 bridgehead atoms. The average molecular weight is 442 g/mol. The Kier molecular flexibility index (Phi) is 7.83. The normalized spacial score (nSPS) is 12.2. The lowest BCUT2D eigenvalue weighted by atomic mass is 9.82. The molecule has 0 radical (unpaired) electrons. The topological polar surface area (TPSA) is 30.5 Å². The second-order valence-corrected chi connectivity index (χ2v) is 9.91. The second-order valence-electron chi connectivity index (χ2n) is 9.09. The van der Waals surface area contributed by atoms with E-state index in [1.54, 1.807) is 19.2 Å². The van der Waals surface area contributed by atoms with E-state index >= 15 is 0 Å². The first-order chi connectivity index (χ1) is 13.4. The second kappa shape index (κ2) is 9.55. The van der Waals surface area contributed by atoms with Crippen LogP contribution in [0.1, 0.15) is 52.2 Å². The average Bonchev–Trinajstić information content (AvgIpc) is 2.58. The van der Waals surface area contributed by atoms with Gasteiger partial charge in [-0.1, -0.05) is 50.0 Å². The molecule has 0 saturated carbocycles. The van der Waals surface area contributed by atoms with Crippen molar-refractivity contribution in [3.05, 3.63) is 57.3 Å². The largest absolute Gasteiger partial charge is 0.493 e. The first-order valence-electron chi connectivity index (χ1n) is 9.58. The van der Waals surface area contributed by atoms with Crippen LogP contribution in [-0.2, 0) is 13.2 Å². The minimum atomic E-state index is -0.384. The fraction of sp³-hybridized carbons (Fsp3) is 0.478. The Bertz CT molecular complexity index is 848. The summed E-state index contributed by atoms with van der Waals surface area (Å²) in [7, 11) is 1.59. The van der Waals surface area contributed by atoms with Crippen LogP contribution in [0.5, 0.6) is 11.5 Å². The third kappa shape index (κ3) is 7.36. The van der Waals surface area contributed by atoms with Crippen LogP contribution in [-0.4, -0.2) is 12.6 Å². The van der Waals surface area contributed by atoms with Gasteiger partial charge < -0.3 is 14.8 Å². The summed E-state index contributed by atoms with van der Waals surface area (Å²) in [5.41, 5.74) is 1.79. The Morgan fingerprint density at radius 3 is 2.17 bits per heavy atom. The number of hydrogen-bond acceptors (Lipinski definition) is 3. The van der Waals surface area contributed by atoms with Crippen molar-refractivity contribution >= 4 is 23.2 Å². The summed E-state index contributed by atoms with van der Waals surface area (Å²) >= 11 is 12.6. The zero-order valence-electron chi connectivity index (χ0n) is 18.0. The summed E-state index contributed by atoms with van der Waals surface area (Å²) in [6, 6.07) is 7.83. The Morgan fingerprint density at radius 1 is 0.931 bits per heavy atom. The van der Waals surface area contributed by atoms with Crippen molar-refractivity contribution < 1.29 is 13.9 Å². The van der Waals surface area contributed by atoms with Crippen molar-refractivity contribution in [2.45, 2.75) is 59.7 Å². The molecule has 0 amide bonds. The Hall–Kier alpha value is -1.49. The fourth-order valence-corrected chi connectivity index (χ4v) is 3.94. The Balaban J connectivity index is 2.12. The van der Waals surface area contributed by atoms with Gasteiger partial charge in [0.25, 0.3) is 0 Å². The molecule has 2 aromatic rings. The van der Waals surface area contributed by atoms with Gasteiger partial charge in [0.1, 0.15) is 12.4 Å². The number of rotatable bonds is 8. The van der Waals surface area contributed by atoms with E-state index in [2.05, 4.69) is 39.9 Å². The van der Waals surface area contributed by atoms with Crippen molar-refractivity contribution in [1.82, 2.24) is 5.32 Å². The monoisotopic (exact) mass is 441 g/mol. The zero-order valence-corrected chi connectivity index (χ0v) is 19.5. The maximum atomic E-state index is 13.2. The van der Waals surface area contributed by atoms with Gasteiger partial charge in [-0.05, 0) is 49.4 Å². The summed E-state index contributed by atoms with van der Waals surface area (Å²) in [5.74, 6) is 0.708. The summed E-state index contributed by atoms with van der Waals surface area (Å²) < 4.78 is 24.5. The number of halogens is 3. The van der Waals surface area contributed by atoms with E-state index in [0.717, 1.165) is 12.0 Å².